The fraction of sp³-hybridized carbons (Fsp3) is 0.933. The van der Waals surface area contributed by atoms with Crippen LogP contribution in [0.25, 0.3) is 0 Å². The summed E-state index contributed by atoms with van der Waals surface area (Å²) in [6, 6.07) is 0.632. The maximum absolute atomic E-state index is 12.6. The molecule has 0 aromatic rings. The molecule has 0 aromatic carbocycles. The Kier molecular flexibility index (Phi) is 4.85. The summed E-state index contributed by atoms with van der Waals surface area (Å²) in [4.78, 5) is 16.9. The van der Waals surface area contributed by atoms with Gasteiger partial charge >= 0.3 is 0 Å². The highest BCUT2D eigenvalue weighted by Crippen LogP contribution is 2.30. The number of carbonyl (C=O) groups excluding carboxylic acids is 1. The number of amides is 1. The molecule has 0 spiro atoms. The first-order valence-electron chi connectivity index (χ1n) is 7.69. The number of hydrogen-bond acceptors (Lipinski definition) is 3. The Labute approximate surface area is 117 Å². The molecule has 2 aliphatic rings. The fourth-order valence-corrected chi connectivity index (χ4v) is 3.43. The number of piperidine rings is 1. The SMILES string of the molecule is CC1CCC(C(=O)N(C)C2CCN(C)CC2)CC1N. The van der Waals surface area contributed by atoms with E-state index in [0.717, 1.165) is 45.2 Å². The van der Waals surface area contributed by atoms with Crippen molar-refractivity contribution in [3.63, 3.8) is 0 Å². The largest absolute Gasteiger partial charge is 0.342 e. The van der Waals surface area contributed by atoms with Crippen molar-refractivity contribution in [3.05, 3.63) is 0 Å². The lowest BCUT2D eigenvalue weighted by atomic mass is 9.79. The summed E-state index contributed by atoms with van der Waals surface area (Å²) in [5.41, 5.74) is 6.13. The predicted octanol–water partition coefficient (Wildman–Crippen LogP) is 1.30. The van der Waals surface area contributed by atoms with Crippen molar-refractivity contribution in [3.8, 4) is 0 Å². The van der Waals surface area contributed by atoms with Gasteiger partial charge in [-0.1, -0.05) is 6.92 Å². The second-order valence-electron chi connectivity index (χ2n) is 6.63. The zero-order valence-corrected chi connectivity index (χ0v) is 12.6. The molecule has 1 heterocycles. The molecule has 1 aliphatic heterocycles. The number of nitrogens with zero attached hydrogens (tertiary/aromatic N) is 2. The number of likely N-dealkylation sites (tertiary alicyclic amines) is 1. The molecule has 2 N–H and O–H groups in total. The van der Waals surface area contributed by atoms with E-state index >= 15 is 0 Å². The molecule has 3 unspecified atom stereocenters. The molecule has 0 radical (unpaired) electrons. The Morgan fingerprint density at radius 3 is 2.42 bits per heavy atom. The molecule has 2 fully saturated rings. The quantitative estimate of drug-likeness (QED) is 0.820. The van der Waals surface area contributed by atoms with E-state index in [0.29, 0.717) is 17.9 Å². The Morgan fingerprint density at radius 2 is 1.84 bits per heavy atom. The van der Waals surface area contributed by atoms with Gasteiger partial charge in [0.2, 0.25) is 5.91 Å². The summed E-state index contributed by atoms with van der Waals surface area (Å²) in [6.07, 6.45) is 5.20. The van der Waals surface area contributed by atoms with Gasteiger partial charge in [0.25, 0.3) is 0 Å². The van der Waals surface area contributed by atoms with Crippen LogP contribution in [-0.2, 0) is 4.79 Å². The number of nitrogens with two attached hydrogens (primary N) is 1. The average molecular weight is 267 g/mol. The van der Waals surface area contributed by atoms with E-state index < -0.39 is 0 Å². The van der Waals surface area contributed by atoms with Crippen LogP contribution in [0.1, 0.15) is 39.0 Å². The molecule has 1 saturated carbocycles. The zero-order chi connectivity index (χ0) is 14.0. The van der Waals surface area contributed by atoms with Crippen molar-refractivity contribution in [2.45, 2.75) is 51.1 Å². The second-order valence-corrected chi connectivity index (χ2v) is 6.63. The van der Waals surface area contributed by atoms with Gasteiger partial charge in [0.1, 0.15) is 0 Å². The van der Waals surface area contributed by atoms with Crippen LogP contribution in [0.4, 0.5) is 0 Å². The van der Waals surface area contributed by atoms with Crippen molar-refractivity contribution in [2.75, 3.05) is 27.2 Å². The van der Waals surface area contributed by atoms with E-state index in [1.165, 1.54) is 0 Å². The van der Waals surface area contributed by atoms with E-state index in [-0.39, 0.29) is 12.0 Å². The summed E-state index contributed by atoms with van der Waals surface area (Å²) in [7, 11) is 4.14. The third kappa shape index (κ3) is 3.48. The Bertz CT molecular complexity index is 313. The summed E-state index contributed by atoms with van der Waals surface area (Å²) >= 11 is 0. The Hall–Kier alpha value is -0.610. The monoisotopic (exact) mass is 267 g/mol. The van der Waals surface area contributed by atoms with Crippen LogP contribution in [0.15, 0.2) is 0 Å². The van der Waals surface area contributed by atoms with E-state index in [1.807, 2.05) is 11.9 Å². The minimum Gasteiger partial charge on any atom is -0.342 e. The first-order chi connectivity index (χ1) is 8.99. The number of rotatable bonds is 2. The van der Waals surface area contributed by atoms with Gasteiger partial charge in [-0.3, -0.25) is 4.79 Å². The van der Waals surface area contributed by atoms with Crippen molar-refractivity contribution < 1.29 is 4.79 Å². The molecular weight excluding hydrogens is 238 g/mol. The summed E-state index contributed by atoms with van der Waals surface area (Å²) < 4.78 is 0. The first-order valence-corrected chi connectivity index (χ1v) is 7.69. The van der Waals surface area contributed by atoms with Crippen molar-refractivity contribution in [1.29, 1.82) is 0 Å². The smallest absolute Gasteiger partial charge is 0.225 e. The van der Waals surface area contributed by atoms with Crippen LogP contribution in [0, 0.1) is 11.8 Å². The Morgan fingerprint density at radius 1 is 1.21 bits per heavy atom. The van der Waals surface area contributed by atoms with E-state index in [1.54, 1.807) is 0 Å². The van der Waals surface area contributed by atoms with Gasteiger partial charge < -0.3 is 15.5 Å². The molecule has 2 rings (SSSR count). The zero-order valence-electron chi connectivity index (χ0n) is 12.6. The average Bonchev–Trinajstić information content (AvgIpc) is 2.41. The third-order valence-electron chi connectivity index (χ3n) is 5.19. The summed E-state index contributed by atoms with van der Waals surface area (Å²) in [5, 5.41) is 0. The summed E-state index contributed by atoms with van der Waals surface area (Å²) in [6.45, 7) is 4.40. The normalized spacial score (nSPS) is 34.2. The van der Waals surface area contributed by atoms with E-state index in [2.05, 4.69) is 18.9 Å². The van der Waals surface area contributed by atoms with Gasteiger partial charge in [-0.15, -0.1) is 0 Å². The molecule has 1 amide bonds. The number of carbonyl (C=O) groups is 1. The van der Waals surface area contributed by atoms with Crippen LogP contribution < -0.4 is 5.73 Å². The highest BCUT2D eigenvalue weighted by Gasteiger charge is 2.33. The van der Waals surface area contributed by atoms with Crippen LogP contribution in [0.5, 0.6) is 0 Å². The van der Waals surface area contributed by atoms with Crippen molar-refractivity contribution in [2.24, 2.45) is 17.6 Å². The van der Waals surface area contributed by atoms with Gasteiger partial charge in [0, 0.05) is 25.0 Å². The molecule has 3 atom stereocenters. The van der Waals surface area contributed by atoms with Gasteiger partial charge in [-0.05, 0) is 58.2 Å². The Balaban J connectivity index is 1.88. The van der Waals surface area contributed by atoms with Gasteiger partial charge in [0.15, 0.2) is 0 Å². The van der Waals surface area contributed by atoms with Crippen molar-refractivity contribution >= 4 is 5.91 Å². The molecule has 1 saturated heterocycles. The molecule has 4 heteroatoms. The standard InChI is InChI=1S/C15H29N3O/c1-11-4-5-12(10-14(11)16)15(19)18(3)13-6-8-17(2)9-7-13/h11-14H,4-10,16H2,1-3H3. The first kappa shape index (κ1) is 14.8. The predicted molar refractivity (Wildman–Crippen MR) is 77.8 cm³/mol. The molecule has 1 aliphatic carbocycles. The van der Waals surface area contributed by atoms with Crippen LogP contribution in [0.3, 0.4) is 0 Å². The van der Waals surface area contributed by atoms with Gasteiger partial charge in [-0.25, -0.2) is 0 Å². The van der Waals surface area contributed by atoms with E-state index in [4.69, 9.17) is 5.73 Å². The van der Waals surface area contributed by atoms with Crippen molar-refractivity contribution in [1.82, 2.24) is 9.80 Å². The minimum absolute atomic E-state index is 0.163. The fourth-order valence-electron chi connectivity index (χ4n) is 3.43. The van der Waals surface area contributed by atoms with E-state index in [9.17, 15) is 4.79 Å². The molecule has 19 heavy (non-hydrogen) atoms. The number of hydrogen-bond donors (Lipinski definition) is 1. The van der Waals surface area contributed by atoms with Crippen LogP contribution in [-0.4, -0.2) is 55.0 Å². The highest BCUT2D eigenvalue weighted by molar-refractivity contribution is 5.79. The lowest BCUT2D eigenvalue weighted by Gasteiger charge is -2.39. The second kappa shape index (κ2) is 6.23. The maximum atomic E-state index is 12.6. The third-order valence-corrected chi connectivity index (χ3v) is 5.19. The lowest BCUT2D eigenvalue weighted by Crippen LogP contribution is -2.48. The van der Waals surface area contributed by atoms with Crippen LogP contribution >= 0.6 is 0 Å². The molecule has 0 aromatic heterocycles. The topological polar surface area (TPSA) is 49.6 Å². The lowest BCUT2D eigenvalue weighted by molar-refractivity contribution is -0.138. The molecular formula is C15H29N3O. The maximum Gasteiger partial charge on any atom is 0.225 e. The minimum atomic E-state index is 0.163. The highest BCUT2D eigenvalue weighted by atomic mass is 16.2. The van der Waals surface area contributed by atoms with Gasteiger partial charge in [-0.2, -0.15) is 0 Å². The summed E-state index contributed by atoms with van der Waals surface area (Å²) in [5.74, 6) is 1.06. The molecule has 4 nitrogen and oxygen atoms in total. The van der Waals surface area contributed by atoms with Crippen LogP contribution in [0.2, 0.25) is 0 Å². The molecule has 0 bridgehead atoms. The van der Waals surface area contributed by atoms with Gasteiger partial charge in [0.05, 0.1) is 0 Å². The molecule has 110 valence electrons.